The number of carboxylic acid groups (broad SMARTS) is 1. The van der Waals surface area contributed by atoms with Crippen LogP contribution in [-0.2, 0) is 16.1 Å². The normalized spacial score (nSPS) is 20.1. The summed E-state index contributed by atoms with van der Waals surface area (Å²) in [5.74, 6) is -0.900. The Bertz CT molecular complexity index is 380. The quantitative estimate of drug-likeness (QED) is 0.834. The maximum absolute atomic E-state index is 10.4. The van der Waals surface area contributed by atoms with Gasteiger partial charge in [0.05, 0.1) is 6.61 Å². The highest BCUT2D eigenvalue weighted by Crippen LogP contribution is 2.20. The zero-order chi connectivity index (χ0) is 12.8. The number of aliphatic carboxylic acids is 1. The molecule has 1 N–H and O–H groups in total. The second-order valence-electron chi connectivity index (χ2n) is 4.66. The first-order valence-corrected chi connectivity index (χ1v) is 6.33. The summed E-state index contributed by atoms with van der Waals surface area (Å²) in [6.07, 6.45) is 2.25. The highest BCUT2D eigenvalue weighted by Gasteiger charge is 2.24. The van der Waals surface area contributed by atoms with Crippen molar-refractivity contribution < 1.29 is 14.6 Å². The molecule has 1 saturated heterocycles. The van der Waals surface area contributed by atoms with Gasteiger partial charge in [0, 0.05) is 12.6 Å². The third-order valence-corrected chi connectivity index (χ3v) is 3.26. The summed E-state index contributed by atoms with van der Waals surface area (Å²) < 4.78 is 5.21. The summed E-state index contributed by atoms with van der Waals surface area (Å²) in [7, 11) is 0. The van der Waals surface area contributed by atoms with Crippen LogP contribution in [-0.4, -0.2) is 41.8 Å². The highest BCUT2D eigenvalue weighted by atomic mass is 16.5. The molecule has 1 aliphatic heterocycles. The largest absolute Gasteiger partial charge is 0.480 e. The molecule has 0 saturated carbocycles. The summed E-state index contributed by atoms with van der Waals surface area (Å²) in [4.78, 5) is 12.8. The van der Waals surface area contributed by atoms with E-state index in [4.69, 9.17) is 9.84 Å². The van der Waals surface area contributed by atoms with Crippen LogP contribution in [0.15, 0.2) is 30.3 Å². The third kappa shape index (κ3) is 3.82. The van der Waals surface area contributed by atoms with Crippen molar-refractivity contribution in [1.29, 1.82) is 0 Å². The van der Waals surface area contributed by atoms with E-state index >= 15 is 0 Å². The smallest absolute Gasteiger partial charge is 0.329 e. The first kappa shape index (κ1) is 13.1. The van der Waals surface area contributed by atoms with E-state index in [0.717, 1.165) is 25.9 Å². The first-order chi connectivity index (χ1) is 8.75. The number of carbonyl (C=O) groups is 1. The highest BCUT2D eigenvalue weighted by molar-refractivity contribution is 5.67. The molecule has 98 valence electrons. The Labute approximate surface area is 107 Å². The van der Waals surface area contributed by atoms with Crippen molar-refractivity contribution >= 4 is 5.97 Å². The van der Waals surface area contributed by atoms with E-state index in [1.165, 1.54) is 5.56 Å². The number of hydrogen-bond acceptors (Lipinski definition) is 3. The zero-order valence-corrected chi connectivity index (χ0v) is 10.4. The summed E-state index contributed by atoms with van der Waals surface area (Å²) >= 11 is 0. The topological polar surface area (TPSA) is 49.8 Å². The maximum Gasteiger partial charge on any atom is 0.329 e. The van der Waals surface area contributed by atoms with Gasteiger partial charge in [0.2, 0.25) is 0 Å². The number of likely N-dealkylation sites (tertiary alicyclic amines) is 1. The van der Waals surface area contributed by atoms with Gasteiger partial charge in [-0.15, -0.1) is 0 Å². The molecule has 0 unspecified atom stereocenters. The van der Waals surface area contributed by atoms with Gasteiger partial charge in [-0.25, -0.2) is 4.79 Å². The minimum Gasteiger partial charge on any atom is -0.480 e. The van der Waals surface area contributed by atoms with E-state index in [9.17, 15) is 4.79 Å². The van der Waals surface area contributed by atoms with Crippen LogP contribution in [0.4, 0.5) is 0 Å². The zero-order valence-electron chi connectivity index (χ0n) is 10.4. The van der Waals surface area contributed by atoms with Gasteiger partial charge in [0.1, 0.15) is 6.61 Å². The standard InChI is InChI=1S/C14H19NO3/c16-14(17)11-18-10-13-7-4-8-15(13)9-12-5-2-1-3-6-12/h1-3,5-6,13H,4,7-11H2,(H,16,17)/t13-/m0/s1. The molecule has 0 aromatic heterocycles. The molecular weight excluding hydrogens is 230 g/mol. The summed E-state index contributed by atoms with van der Waals surface area (Å²) in [6.45, 7) is 2.30. The van der Waals surface area contributed by atoms with Crippen molar-refractivity contribution in [2.24, 2.45) is 0 Å². The number of ether oxygens (including phenoxy) is 1. The lowest BCUT2D eigenvalue weighted by Gasteiger charge is -2.24. The molecule has 4 heteroatoms. The third-order valence-electron chi connectivity index (χ3n) is 3.26. The summed E-state index contributed by atoms with van der Waals surface area (Å²) in [5.41, 5.74) is 1.29. The molecule has 18 heavy (non-hydrogen) atoms. The van der Waals surface area contributed by atoms with Crippen LogP contribution in [0.2, 0.25) is 0 Å². The van der Waals surface area contributed by atoms with Crippen LogP contribution >= 0.6 is 0 Å². The molecule has 0 bridgehead atoms. The van der Waals surface area contributed by atoms with E-state index < -0.39 is 5.97 Å². The maximum atomic E-state index is 10.4. The molecule has 2 rings (SSSR count). The van der Waals surface area contributed by atoms with Crippen molar-refractivity contribution in [2.75, 3.05) is 19.8 Å². The Morgan fingerprint density at radius 2 is 2.17 bits per heavy atom. The van der Waals surface area contributed by atoms with Gasteiger partial charge in [0.25, 0.3) is 0 Å². The average Bonchev–Trinajstić information content (AvgIpc) is 2.78. The van der Waals surface area contributed by atoms with Crippen molar-refractivity contribution in [3.05, 3.63) is 35.9 Å². The van der Waals surface area contributed by atoms with Gasteiger partial charge >= 0.3 is 5.97 Å². The fourth-order valence-corrected chi connectivity index (χ4v) is 2.39. The van der Waals surface area contributed by atoms with Crippen LogP contribution in [0.3, 0.4) is 0 Å². The predicted octanol–water partition coefficient (Wildman–Crippen LogP) is 1.75. The van der Waals surface area contributed by atoms with Crippen molar-refractivity contribution in [1.82, 2.24) is 4.90 Å². The molecule has 1 aromatic carbocycles. The number of rotatable bonds is 6. The Balaban J connectivity index is 1.82. The SMILES string of the molecule is O=C(O)COC[C@@H]1CCCN1Cc1ccccc1. The minimum absolute atomic E-state index is 0.199. The fourth-order valence-electron chi connectivity index (χ4n) is 2.39. The van der Waals surface area contributed by atoms with Crippen LogP contribution < -0.4 is 0 Å². The monoisotopic (exact) mass is 249 g/mol. The van der Waals surface area contributed by atoms with Gasteiger partial charge in [-0.05, 0) is 24.9 Å². The number of carboxylic acids is 1. The number of hydrogen-bond donors (Lipinski definition) is 1. The lowest BCUT2D eigenvalue weighted by molar-refractivity contribution is -0.142. The molecule has 0 spiro atoms. The van der Waals surface area contributed by atoms with Gasteiger partial charge < -0.3 is 9.84 Å². The lowest BCUT2D eigenvalue weighted by Crippen LogP contribution is -2.33. The Hall–Kier alpha value is -1.39. The fraction of sp³-hybridized carbons (Fsp3) is 0.500. The van der Waals surface area contributed by atoms with Crippen molar-refractivity contribution in [3.8, 4) is 0 Å². The molecule has 0 amide bonds. The van der Waals surface area contributed by atoms with Crippen LogP contribution in [0.1, 0.15) is 18.4 Å². The first-order valence-electron chi connectivity index (χ1n) is 6.33. The molecule has 1 heterocycles. The number of nitrogens with zero attached hydrogens (tertiary/aromatic N) is 1. The molecule has 1 fully saturated rings. The molecule has 1 aromatic rings. The molecule has 1 atom stereocenters. The van der Waals surface area contributed by atoms with Crippen LogP contribution in [0, 0.1) is 0 Å². The molecule has 1 aliphatic rings. The van der Waals surface area contributed by atoms with Crippen molar-refractivity contribution in [2.45, 2.75) is 25.4 Å². The van der Waals surface area contributed by atoms with E-state index in [1.54, 1.807) is 0 Å². The lowest BCUT2D eigenvalue weighted by atomic mass is 10.2. The van der Waals surface area contributed by atoms with Gasteiger partial charge in [-0.2, -0.15) is 0 Å². The molecular formula is C14H19NO3. The van der Waals surface area contributed by atoms with E-state index in [-0.39, 0.29) is 6.61 Å². The van der Waals surface area contributed by atoms with Crippen LogP contribution in [0.25, 0.3) is 0 Å². The van der Waals surface area contributed by atoms with Gasteiger partial charge in [-0.1, -0.05) is 30.3 Å². The van der Waals surface area contributed by atoms with Crippen LogP contribution in [0.5, 0.6) is 0 Å². The second kappa shape index (κ2) is 6.52. The van der Waals surface area contributed by atoms with Gasteiger partial charge in [-0.3, -0.25) is 4.90 Å². The summed E-state index contributed by atoms with van der Waals surface area (Å²) in [6, 6.07) is 10.7. The van der Waals surface area contributed by atoms with E-state index in [0.29, 0.717) is 12.6 Å². The van der Waals surface area contributed by atoms with Gasteiger partial charge in [0.15, 0.2) is 0 Å². The Morgan fingerprint density at radius 1 is 1.39 bits per heavy atom. The molecule has 4 nitrogen and oxygen atoms in total. The predicted molar refractivity (Wildman–Crippen MR) is 68.3 cm³/mol. The molecule has 0 aliphatic carbocycles. The van der Waals surface area contributed by atoms with Crippen molar-refractivity contribution in [3.63, 3.8) is 0 Å². The van der Waals surface area contributed by atoms with E-state index in [1.807, 2.05) is 18.2 Å². The minimum atomic E-state index is -0.900. The summed E-state index contributed by atoms with van der Waals surface area (Å²) in [5, 5.41) is 8.55. The average molecular weight is 249 g/mol. The molecule has 0 radical (unpaired) electrons. The Morgan fingerprint density at radius 3 is 2.89 bits per heavy atom. The Kier molecular flexibility index (Phi) is 4.73. The number of benzene rings is 1. The second-order valence-corrected chi connectivity index (χ2v) is 4.66. The van der Waals surface area contributed by atoms with E-state index in [2.05, 4.69) is 17.0 Å².